The van der Waals surface area contributed by atoms with E-state index in [0.29, 0.717) is 12.1 Å². The number of H-pyrrole nitrogens is 1. The van der Waals surface area contributed by atoms with Gasteiger partial charge in [-0.1, -0.05) is 13.8 Å². The second-order valence-corrected chi connectivity index (χ2v) is 4.72. The van der Waals surface area contributed by atoms with E-state index in [1.807, 2.05) is 13.8 Å². The van der Waals surface area contributed by atoms with E-state index in [1.165, 1.54) is 12.5 Å². The van der Waals surface area contributed by atoms with Crippen LogP contribution in [-0.4, -0.2) is 37.8 Å². The van der Waals surface area contributed by atoms with Gasteiger partial charge in [-0.15, -0.1) is 0 Å². The topological polar surface area (TPSA) is 112 Å². The number of nitrogens with zero attached hydrogens (tertiary/aromatic N) is 1. The van der Waals surface area contributed by atoms with Crippen molar-refractivity contribution in [3.8, 4) is 0 Å². The van der Waals surface area contributed by atoms with Gasteiger partial charge in [-0.3, -0.25) is 0 Å². The molecule has 0 saturated heterocycles. The molecule has 1 rings (SSSR count). The molecule has 0 aliphatic heterocycles. The molecule has 6 heteroatoms. The number of aliphatic carboxylic acids is 1. The number of hydrogen-bond acceptors (Lipinski definition) is 4. The maximum atomic E-state index is 11.2. The number of aromatic amines is 1. The first kappa shape index (κ1) is 13.7. The molecule has 0 amide bonds. The van der Waals surface area contributed by atoms with Crippen LogP contribution in [0, 0.1) is 5.92 Å². The average molecular weight is 241 g/mol. The van der Waals surface area contributed by atoms with Gasteiger partial charge in [-0.25, -0.2) is 9.78 Å². The van der Waals surface area contributed by atoms with Crippen LogP contribution >= 0.6 is 0 Å². The molecule has 1 aromatic heterocycles. The Hall–Kier alpha value is -1.40. The molecular weight excluding hydrogens is 222 g/mol. The van der Waals surface area contributed by atoms with Gasteiger partial charge in [-0.05, 0) is 12.3 Å². The lowest BCUT2D eigenvalue weighted by atomic mass is 9.85. The zero-order valence-corrected chi connectivity index (χ0v) is 10.1. The van der Waals surface area contributed by atoms with Crippen molar-refractivity contribution >= 4 is 5.97 Å². The van der Waals surface area contributed by atoms with Gasteiger partial charge in [0.05, 0.1) is 6.33 Å². The molecule has 0 aliphatic carbocycles. The fourth-order valence-electron chi connectivity index (χ4n) is 1.74. The number of aliphatic hydroxyl groups is 1. The van der Waals surface area contributed by atoms with Gasteiger partial charge in [0, 0.05) is 24.4 Å². The Labute approximate surface area is 99.9 Å². The minimum atomic E-state index is -1.96. The second-order valence-electron chi connectivity index (χ2n) is 4.72. The van der Waals surface area contributed by atoms with Gasteiger partial charge >= 0.3 is 5.97 Å². The minimum absolute atomic E-state index is 0.0732. The Morgan fingerprint density at radius 2 is 2.29 bits per heavy atom. The van der Waals surface area contributed by atoms with E-state index in [1.54, 1.807) is 0 Å². The Kier molecular flexibility index (Phi) is 4.25. The summed E-state index contributed by atoms with van der Waals surface area (Å²) in [5.41, 5.74) is 4.39. The molecule has 0 saturated carbocycles. The number of rotatable bonds is 6. The van der Waals surface area contributed by atoms with Crippen molar-refractivity contribution in [1.82, 2.24) is 9.97 Å². The van der Waals surface area contributed by atoms with E-state index < -0.39 is 17.6 Å². The van der Waals surface area contributed by atoms with Crippen LogP contribution < -0.4 is 5.73 Å². The molecule has 17 heavy (non-hydrogen) atoms. The van der Waals surface area contributed by atoms with Crippen LogP contribution in [0.4, 0.5) is 0 Å². The Bertz CT molecular complexity index is 364. The van der Waals surface area contributed by atoms with Gasteiger partial charge < -0.3 is 20.9 Å². The molecule has 0 fully saturated rings. The molecule has 1 heterocycles. The molecular formula is C11H19N3O3. The Morgan fingerprint density at radius 3 is 2.71 bits per heavy atom. The fourth-order valence-corrected chi connectivity index (χ4v) is 1.74. The maximum Gasteiger partial charge on any atom is 0.337 e. The van der Waals surface area contributed by atoms with Crippen molar-refractivity contribution in [1.29, 1.82) is 0 Å². The van der Waals surface area contributed by atoms with Gasteiger partial charge in [0.15, 0.2) is 5.60 Å². The summed E-state index contributed by atoms with van der Waals surface area (Å²) in [5.74, 6) is -1.09. The van der Waals surface area contributed by atoms with E-state index in [9.17, 15) is 9.90 Å². The van der Waals surface area contributed by atoms with Crippen molar-refractivity contribution in [3.63, 3.8) is 0 Å². The Morgan fingerprint density at radius 1 is 1.65 bits per heavy atom. The molecule has 0 aromatic carbocycles. The van der Waals surface area contributed by atoms with Crippen LogP contribution in [0.15, 0.2) is 12.5 Å². The van der Waals surface area contributed by atoms with Crippen molar-refractivity contribution in [2.24, 2.45) is 11.7 Å². The summed E-state index contributed by atoms with van der Waals surface area (Å²) in [7, 11) is 0. The lowest BCUT2D eigenvalue weighted by Gasteiger charge is -2.30. The number of aromatic nitrogens is 2. The zero-order chi connectivity index (χ0) is 13.1. The van der Waals surface area contributed by atoms with Crippen LogP contribution in [0.3, 0.4) is 0 Å². The van der Waals surface area contributed by atoms with Crippen molar-refractivity contribution in [2.45, 2.75) is 38.3 Å². The third-order valence-corrected chi connectivity index (χ3v) is 2.72. The van der Waals surface area contributed by atoms with E-state index >= 15 is 0 Å². The highest BCUT2D eigenvalue weighted by molar-refractivity contribution is 5.78. The summed E-state index contributed by atoms with van der Waals surface area (Å²) in [6, 6.07) is -0.816. The van der Waals surface area contributed by atoms with Crippen LogP contribution in [0.2, 0.25) is 0 Å². The highest BCUT2D eigenvalue weighted by atomic mass is 16.4. The molecule has 0 aliphatic rings. The first-order valence-electron chi connectivity index (χ1n) is 5.55. The van der Waals surface area contributed by atoms with Crippen molar-refractivity contribution < 1.29 is 15.0 Å². The summed E-state index contributed by atoms with van der Waals surface area (Å²) in [5, 5.41) is 19.4. The fraction of sp³-hybridized carbons (Fsp3) is 0.636. The standard InChI is InChI=1S/C11H19N3O3/c1-7(2)3-9(12)11(17,10(15)16)4-8-5-13-6-14-8/h5-7,9,17H,3-4,12H2,1-2H3,(H,13,14)(H,15,16)/t9-,11+/m1/s1. The van der Waals surface area contributed by atoms with E-state index in [2.05, 4.69) is 9.97 Å². The average Bonchev–Trinajstić information content (AvgIpc) is 2.68. The smallest absolute Gasteiger partial charge is 0.337 e. The minimum Gasteiger partial charge on any atom is -0.479 e. The molecule has 1 aromatic rings. The van der Waals surface area contributed by atoms with Crippen LogP contribution in [-0.2, 0) is 11.2 Å². The molecule has 0 bridgehead atoms. The molecule has 96 valence electrons. The summed E-state index contributed by atoms with van der Waals surface area (Å²) in [6.07, 6.45) is 3.29. The molecule has 0 unspecified atom stereocenters. The predicted octanol–water partition coefficient (Wildman–Crippen LogP) is 0.141. The van der Waals surface area contributed by atoms with Crippen LogP contribution in [0.5, 0.6) is 0 Å². The molecule has 6 nitrogen and oxygen atoms in total. The number of nitrogens with two attached hydrogens (primary N) is 1. The summed E-state index contributed by atoms with van der Waals surface area (Å²) >= 11 is 0. The third-order valence-electron chi connectivity index (χ3n) is 2.72. The van der Waals surface area contributed by atoms with Gasteiger partial charge in [0.1, 0.15) is 0 Å². The summed E-state index contributed by atoms with van der Waals surface area (Å²) < 4.78 is 0. The normalized spacial score (nSPS) is 16.8. The van der Waals surface area contributed by atoms with Crippen LogP contribution in [0.1, 0.15) is 26.0 Å². The van der Waals surface area contributed by atoms with Gasteiger partial charge in [0.25, 0.3) is 0 Å². The van der Waals surface area contributed by atoms with Gasteiger partial charge in [0.2, 0.25) is 0 Å². The number of carbonyl (C=O) groups is 1. The van der Waals surface area contributed by atoms with E-state index in [0.717, 1.165) is 0 Å². The Balaban J connectivity index is 2.85. The second kappa shape index (κ2) is 5.29. The number of hydrogen-bond donors (Lipinski definition) is 4. The summed E-state index contributed by atoms with van der Waals surface area (Å²) in [4.78, 5) is 17.8. The maximum absolute atomic E-state index is 11.2. The lowest BCUT2D eigenvalue weighted by Crippen LogP contribution is -2.56. The highest BCUT2D eigenvalue weighted by Crippen LogP contribution is 2.20. The van der Waals surface area contributed by atoms with Gasteiger partial charge in [-0.2, -0.15) is 0 Å². The zero-order valence-electron chi connectivity index (χ0n) is 10.1. The number of carboxylic acids is 1. The number of nitrogens with one attached hydrogen (secondary N) is 1. The van der Waals surface area contributed by atoms with Crippen molar-refractivity contribution in [3.05, 3.63) is 18.2 Å². The molecule has 0 spiro atoms. The largest absolute Gasteiger partial charge is 0.479 e. The molecule has 0 radical (unpaired) electrons. The van der Waals surface area contributed by atoms with E-state index in [4.69, 9.17) is 10.8 Å². The monoisotopic (exact) mass is 241 g/mol. The quantitative estimate of drug-likeness (QED) is 0.566. The predicted molar refractivity (Wildman–Crippen MR) is 62.3 cm³/mol. The summed E-state index contributed by atoms with van der Waals surface area (Å²) in [6.45, 7) is 3.86. The number of carboxylic acid groups (broad SMARTS) is 1. The molecule has 5 N–H and O–H groups in total. The van der Waals surface area contributed by atoms with Crippen LogP contribution in [0.25, 0.3) is 0 Å². The first-order valence-corrected chi connectivity index (χ1v) is 5.55. The SMILES string of the molecule is CC(C)C[C@@H](N)[C@@](O)(Cc1cnc[nH]1)C(=O)O. The lowest BCUT2D eigenvalue weighted by molar-refractivity contribution is -0.161. The van der Waals surface area contributed by atoms with Crippen molar-refractivity contribution in [2.75, 3.05) is 0 Å². The first-order chi connectivity index (χ1) is 7.86. The highest BCUT2D eigenvalue weighted by Gasteiger charge is 2.42. The number of imidazole rings is 1. The molecule has 2 atom stereocenters. The third kappa shape index (κ3) is 3.28. The van der Waals surface area contributed by atoms with E-state index in [-0.39, 0.29) is 12.3 Å².